The average molecular weight is 446 g/mol. The van der Waals surface area contributed by atoms with Gasteiger partial charge < -0.3 is 32.1 Å². The van der Waals surface area contributed by atoms with Crippen molar-refractivity contribution in [1.82, 2.24) is 15.5 Å². The van der Waals surface area contributed by atoms with Gasteiger partial charge in [0, 0.05) is 12.3 Å². The van der Waals surface area contributed by atoms with Crippen molar-refractivity contribution in [1.29, 1.82) is 0 Å². The lowest BCUT2D eigenvalue weighted by Gasteiger charge is -2.29. The summed E-state index contributed by atoms with van der Waals surface area (Å²) in [4.78, 5) is 61.4. The molecule has 0 aromatic heterocycles. The number of aliphatic carboxylic acids is 1. The molecular formula is C18H31N5O6S. The Kier molecular flexibility index (Phi) is 10.1. The van der Waals surface area contributed by atoms with Gasteiger partial charge in [0.2, 0.25) is 23.6 Å². The molecule has 1 heterocycles. The van der Waals surface area contributed by atoms with Crippen LogP contribution in [-0.2, 0) is 24.0 Å². The summed E-state index contributed by atoms with van der Waals surface area (Å²) in [5.74, 6) is -4.05. The van der Waals surface area contributed by atoms with Gasteiger partial charge in [-0.1, -0.05) is 20.3 Å². The van der Waals surface area contributed by atoms with E-state index >= 15 is 0 Å². The van der Waals surface area contributed by atoms with Crippen LogP contribution in [0.5, 0.6) is 0 Å². The van der Waals surface area contributed by atoms with Crippen molar-refractivity contribution < 1.29 is 29.1 Å². The molecule has 1 saturated heterocycles. The lowest BCUT2D eigenvalue weighted by atomic mass is 9.99. The van der Waals surface area contributed by atoms with Crippen LogP contribution in [0.2, 0.25) is 0 Å². The first-order valence-corrected chi connectivity index (χ1v) is 10.4. The second-order valence-electron chi connectivity index (χ2n) is 7.41. The molecule has 11 nitrogen and oxygen atoms in total. The molecule has 0 aromatic carbocycles. The number of rotatable bonds is 11. The number of hydrogen-bond acceptors (Lipinski definition) is 7. The molecule has 0 bridgehead atoms. The van der Waals surface area contributed by atoms with Crippen molar-refractivity contribution in [3.8, 4) is 0 Å². The molecule has 30 heavy (non-hydrogen) atoms. The second-order valence-corrected chi connectivity index (χ2v) is 7.78. The van der Waals surface area contributed by atoms with E-state index in [9.17, 15) is 24.0 Å². The molecule has 0 aliphatic carbocycles. The number of carbonyl (C=O) groups excluding carboxylic acids is 4. The molecule has 0 aromatic rings. The maximum Gasteiger partial charge on any atom is 0.326 e. The van der Waals surface area contributed by atoms with Crippen LogP contribution in [0.3, 0.4) is 0 Å². The van der Waals surface area contributed by atoms with E-state index in [2.05, 4.69) is 23.3 Å². The minimum atomic E-state index is -1.48. The van der Waals surface area contributed by atoms with Crippen LogP contribution < -0.4 is 22.1 Å². The number of carboxylic acids is 1. The van der Waals surface area contributed by atoms with E-state index in [0.29, 0.717) is 19.3 Å². The molecule has 1 aliphatic rings. The molecule has 4 amide bonds. The monoisotopic (exact) mass is 445 g/mol. The fraction of sp³-hybridized carbons (Fsp3) is 0.722. The third kappa shape index (κ3) is 6.87. The number of primary amides is 1. The van der Waals surface area contributed by atoms with Crippen LogP contribution in [0.4, 0.5) is 0 Å². The maximum absolute atomic E-state index is 12.9. The second kappa shape index (κ2) is 11.7. The normalized spacial score (nSPS) is 20.0. The first-order chi connectivity index (χ1) is 14.0. The van der Waals surface area contributed by atoms with Crippen molar-refractivity contribution in [3.05, 3.63) is 0 Å². The SMILES string of the molecule is CCC(C)C(N)C(=O)NC(CS)C(=O)N1CCCC1C(=O)NC(CC(N)=O)C(=O)O. The van der Waals surface area contributed by atoms with Gasteiger partial charge in [0.15, 0.2) is 0 Å². The summed E-state index contributed by atoms with van der Waals surface area (Å²) < 4.78 is 0. The summed E-state index contributed by atoms with van der Waals surface area (Å²) in [6.07, 6.45) is 0.972. The number of amides is 4. The van der Waals surface area contributed by atoms with Gasteiger partial charge in [-0.05, 0) is 18.8 Å². The zero-order valence-corrected chi connectivity index (χ0v) is 18.1. The number of carbonyl (C=O) groups is 5. The Morgan fingerprint density at radius 2 is 1.83 bits per heavy atom. The fourth-order valence-corrected chi connectivity index (χ4v) is 3.39. The zero-order valence-electron chi connectivity index (χ0n) is 17.2. The molecule has 7 N–H and O–H groups in total. The Hall–Kier alpha value is -2.34. The van der Waals surface area contributed by atoms with Gasteiger partial charge in [-0.2, -0.15) is 12.6 Å². The van der Waals surface area contributed by atoms with Gasteiger partial charge in [0.05, 0.1) is 12.5 Å². The maximum atomic E-state index is 12.9. The third-order valence-corrected chi connectivity index (χ3v) is 5.58. The summed E-state index contributed by atoms with van der Waals surface area (Å²) >= 11 is 4.13. The predicted molar refractivity (Wildman–Crippen MR) is 111 cm³/mol. The van der Waals surface area contributed by atoms with E-state index in [1.807, 2.05) is 13.8 Å². The quantitative estimate of drug-likeness (QED) is 0.203. The van der Waals surface area contributed by atoms with Crippen molar-refractivity contribution in [2.45, 2.75) is 63.7 Å². The highest BCUT2D eigenvalue weighted by molar-refractivity contribution is 7.80. The first-order valence-electron chi connectivity index (χ1n) is 9.82. The van der Waals surface area contributed by atoms with Gasteiger partial charge in [0.25, 0.3) is 0 Å². The molecule has 170 valence electrons. The van der Waals surface area contributed by atoms with Crippen LogP contribution in [0.1, 0.15) is 39.5 Å². The zero-order chi connectivity index (χ0) is 23.0. The molecular weight excluding hydrogens is 414 g/mol. The molecule has 1 rings (SSSR count). The minimum Gasteiger partial charge on any atom is -0.480 e. The van der Waals surface area contributed by atoms with Gasteiger partial charge in [-0.3, -0.25) is 19.2 Å². The third-order valence-electron chi connectivity index (χ3n) is 5.22. The number of nitrogens with one attached hydrogen (secondary N) is 2. The Morgan fingerprint density at radius 1 is 1.20 bits per heavy atom. The molecule has 1 aliphatic heterocycles. The van der Waals surface area contributed by atoms with Gasteiger partial charge in [0.1, 0.15) is 18.1 Å². The summed E-state index contributed by atoms with van der Waals surface area (Å²) in [5.41, 5.74) is 10.9. The highest BCUT2D eigenvalue weighted by Gasteiger charge is 2.39. The molecule has 0 radical (unpaired) electrons. The molecule has 0 saturated carbocycles. The first kappa shape index (κ1) is 25.7. The minimum absolute atomic E-state index is 0.00205. The lowest BCUT2D eigenvalue weighted by molar-refractivity contribution is -0.145. The smallest absolute Gasteiger partial charge is 0.326 e. The largest absolute Gasteiger partial charge is 0.480 e. The Bertz CT molecular complexity index is 675. The van der Waals surface area contributed by atoms with Crippen LogP contribution >= 0.6 is 12.6 Å². The van der Waals surface area contributed by atoms with Crippen LogP contribution in [-0.4, -0.2) is 76.1 Å². The van der Waals surface area contributed by atoms with Crippen molar-refractivity contribution in [2.75, 3.05) is 12.3 Å². The van der Waals surface area contributed by atoms with Crippen molar-refractivity contribution in [3.63, 3.8) is 0 Å². The van der Waals surface area contributed by atoms with E-state index in [1.54, 1.807) is 0 Å². The summed E-state index contributed by atoms with van der Waals surface area (Å²) in [7, 11) is 0. The molecule has 12 heteroatoms. The number of nitrogens with two attached hydrogens (primary N) is 2. The average Bonchev–Trinajstić information content (AvgIpc) is 3.19. The number of carboxylic acid groups (broad SMARTS) is 1. The molecule has 0 spiro atoms. The number of nitrogens with zero attached hydrogens (tertiary/aromatic N) is 1. The van der Waals surface area contributed by atoms with E-state index in [0.717, 1.165) is 0 Å². The Morgan fingerprint density at radius 3 is 2.33 bits per heavy atom. The van der Waals surface area contributed by atoms with Crippen LogP contribution in [0.25, 0.3) is 0 Å². The Balaban J connectivity index is 2.86. The molecule has 5 unspecified atom stereocenters. The van der Waals surface area contributed by atoms with Gasteiger partial charge >= 0.3 is 5.97 Å². The van der Waals surface area contributed by atoms with Crippen molar-refractivity contribution in [2.24, 2.45) is 17.4 Å². The Labute approximate surface area is 180 Å². The summed E-state index contributed by atoms with van der Waals surface area (Å²) in [6, 6.07) is -4.17. The highest BCUT2D eigenvalue weighted by Crippen LogP contribution is 2.19. The van der Waals surface area contributed by atoms with E-state index in [1.165, 1.54) is 4.90 Å². The number of hydrogen-bond donors (Lipinski definition) is 6. The molecule has 1 fully saturated rings. The summed E-state index contributed by atoms with van der Waals surface area (Å²) in [5, 5.41) is 14.0. The van der Waals surface area contributed by atoms with Crippen molar-refractivity contribution >= 4 is 42.2 Å². The number of likely N-dealkylation sites (tertiary alicyclic amines) is 1. The number of thiol groups is 1. The van der Waals surface area contributed by atoms with Gasteiger partial charge in [-0.25, -0.2) is 4.79 Å². The summed E-state index contributed by atoms with van der Waals surface area (Å²) in [6.45, 7) is 3.99. The van der Waals surface area contributed by atoms with E-state index in [-0.39, 0.29) is 18.2 Å². The van der Waals surface area contributed by atoms with E-state index in [4.69, 9.17) is 16.6 Å². The fourth-order valence-electron chi connectivity index (χ4n) is 3.14. The van der Waals surface area contributed by atoms with E-state index < -0.39 is 60.2 Å². The standard InChI is InChI=1S/C18H31N5O6S/c1-3-9(2)14(20)16(26)22-11(8-30)17(27)23-6-4-5-12(23)15(25)21-10(18(28)29)7-13(19)24/h9-12,14,30H,3-8,20H2,1-2H3,(H2,19,24)(H,21,25)(H,22,26)(H,28,29). The van der Waals surface area contributed by atoms with Crippen LogP contribution in [0.15, 0.2) is 0 Å². The topological polar surface area (TPSA) is 185 Å². The lowest BCUT2D eigenvalue weighted by Crippen LogP contribution is -2.58. The van der Waals surface area contributed by atoms with Gasteiger partial charge in [-0.15, -0.1) is 0 Å². The highest BCUT2D eigenvalue weighted by atomic mass is 32.1. The van der Waals surface area contributed by atoms with Crippen LogP contribution in [0, 0.1) is 5.92 Å². The molecule has 5 atom stereocenters. The predicted octanol–water partition coefficient (Wildman–Crippen LogP) is -1.79.